The molecule has 1 rings (SSSR count). The molecule has 0 amide bonds. The molecular formula is C14H22BrNO. The average Bonchev–Trinajstić information content (AvgIpc) is 2.28. The zero-order valence-electron chi connectivity index (χ0n) is 10.9. The van der Waals surface area contributed by atoms with Gasteiger partial charge in [-0.2, -0.15) is 0 Å². The maximum absolute atomic E-state index is 5.71. The molecule has 0 aliphatic heterocycles. The van der Waals surface area contributed by atoms with Crippen LogP contribution in [0.25, 0.3) is 0 Å². The summed E-state index contributed by atoms with van der Waals surface area (Å²) in [4.78, 5) is 0. The fraction of sp³-hybridized carbons (Fsp3) is 0.571. The lowest BCUT2D eigenvalue weighted by atomic mass is 10.2. The van der Waals surface area contributed by atoms with Crippen LogP contribution in [-0.2, 0) is 6.54 Å². The van der Waals surface area contributed by atoms with Crippen LogP contribution in [-0.4, -0.2) is 13.2 Å². The monoisotopic (exact) mass is 299 g/mol. The van der Waals surface area contributed by atoms with E-state index in [0.29, 0.717) is 5.92 Å². The van der Waals surface area contributed by atoms with E-state index in [1.807, 2.05) is 6.07 Å². The molecule has 0 spiro atoms. The molecule has 0 bridgehead atoms. The van der Waals surface area contributed by atoms with Gasteiger partial charge in [-0.3, -0.25) is 0 Å². The second kappa shape index (κ2) is 7.72. The molecule has 1 aromatic rings. The minimum Gasteiger partial charge on any atom is -0.492 e. The minimum atomic E-state index is 0.549. The lowest BCUT2D eigenvalue weighted by Crippen LogP contribution is -2.13. The number of rotatable bonds is 7. The number of benzene rings is 1. The largest absolute Gasteiger partial charge is 0.492 e. The Labute approximate surface area is 113 Å². The highest BCUT2D eigenvalue weighted by molar-refractivity contribution is 9.10. The molecule has 1 aromatic carbocycles. The number of ether oxygens (including phenoxy) is 1. The molecule has 0 saturated carbocycles. The van der Waals surface area contributed by atoms with Crippen molar-refractivity contribution in [3.05, 3.63) is 28.2 Å². The Bertz CT molecular complexity index is 339. The maximum Gasteiger partial charge on any atom is 0.133 e. The predicted molar refractivity (Wildman–Crippen MR) is 76.5 cm³/mol. The Kier molecular flexibility index (Phi) is 6.60. The van der Waals surface area contributed by atoms with Crippen molar-refractivity contribution < 1.29 is 4.74 Å². The lowest BCUT2D eigenvalue weighted by molar-refractivity contribution is 0.269. The molecule has 1 N–H and O–H groups in total. The summed E-state index contributed by atoms with van der Waals surface area (Å²) in [6, 6.07) is 6.27. The normalized spacial score (nSPS) is 10.9. The summed E-state index contributed by atoms with van der Waals surface area (Å²) >= 11 is 3.55. The average molecular weight is 300 g/mol. The first-order valence-electron chi connectivity index (χ1n) is 6.25. The molecule has 0 saturated heterocycles. The van der Waals surface area contributed by atoms with Crippen LogP contribution in [0.2, 0.25) is 0 Å². The van der Waals surface area contributed by atoms with Crippen LogP contribution < -0.4 is 10.1 Å². The van der Waals surface area contributed by atoms with Crippen molar-refractivity contribution in [1.29, 1.82) is 0 Å². The summed E-state index contributed by atoms with van der Waals surface area (Å²) in [7, 11) is 0. The van der Waals surface area contributed by atoms with E-state index in [9.17, 15) is 0 Å². The Morgan fingerprint density at radius 1 is 1.35 bits per heavy atom. The van der Waals surface area contributed by atoms with Crippen LogP contribution in [0.4, 0.5) is 0 Å². The first-order chi connectivity index (χ1) is 8.13. The summed E-state index contributed by atoms with van der Waals surface area (Å²) in [6.45, 7) is 9.20. The highest BCUT2D eigenvalue weighted by Crippen LogP contribution is 2.26. The molecular weight excluding hydrogens is 278 g/mol. The Morgan fingerprint density at radius 2 is 2.12 bits per heavy atom. The number of hydrogen-bond donors (Lipinski definition) is 1. The summed E-state index contributed by atoms with van der Waals surface area (Å²) in [6.07, 6.45) is 1.16. The second-order valence-corrected chi connectivity index (χ2v) is 5.50. The Hall–Kier alpha value is -0.540. The van der Waals surface area contributed by atoms with Gasteiger partial charge in [0.15, 0.2) is 0 Å². The summed E-state index contributed by atoms with van der Waals surface area (Å²) in [5.74, 6) is 1.48. The maximum atomic E-state index is 5.71. The van der Waals surface area contributed by atoms with E-state index in [4.69, 9.17) is 4.74 Å². The molecule has 0 radical (unpaired) electrons. The van der Waals surface area contributed by atoms with Crippen LogP contribution in [0.15, 0.2) is 22.7 Å². The molecule has 0 atom stereocenters. The van der Waals surface area contributed by atoms with Crippen LogP contribution in [0, 0.1) is 5.92 Å². The summed E-state index contributed by atoms with van der Waals surface area (Å²) in [5, 5.41) is 3.39. The van der Waals surface area contributed by atoms with Gasteiger partial charge < -0.3 is 10.1 Å². The first-order valence-corrected chi connectivity index (χ1v) is 7.04. The van der Waals surface area contributed by atoms with E-state index >= 15 is 0 Å². The predicted octanol–water partition coefficient (Wildman–Crippen LogP) is 3.98. The zero-order valence-corrected chi connectivity index (χ0v) is 12.5. The van der Waals surface area contributed by atoms with Crippen molar-refractivity contribution in [2.75, 3.05) is 13.2 Å². The van der Waals surface area contributed by atoms with Crippen molar-refractivity contribution in [1.82, 2.24) is 5.32 Å². The molecule has 2 nitrogen and oxygen atoms in total. The van der Waals surface area contributed by atoms with Gasteiger partial charge in [-0.15, -0.1) is 0 Å². The van der Waals surface area contributed by atoms with E-state index in [2.05, 4.69) is 54.2 Å². The number of hydrogen-bond acceptors (Lipinski definition) is 2. The molecule has 3 heteroatoms. The van der Waals surface area contributed by atoms with Gasteiger partial charge in [-0.05, 0) is 52.5 Å². The quantitative estimate of drug-likeness (QED) is 0.769. The third-order valence-electron chi connectivity index (χ3n) is 2.32. The second-order valence-electron chi connectivity index (χ2n) is 4.65. The third-order valence-corrected chi connectivity index (χ3v) is 2.94. The molecule has 0 fully saturated rings. The molecule has 0 aliphatic carbocycles. The fourth-order valence-electron chi connectivity index (χ4n) is 1.44. The molecule has 0 aromatic heterocycles. The van der Waals surface area contributed by atoms with Gasteiger partial charge in [0.05, 0.1) is 11.1 Å². The topological polar surface area (TPSA) is 21.3 Å². The smallest absolute Gasteiger partial charge is 0.133 e. The third kappa shape index (κ3) is 5.55. The molecule has 17 heavy (non-hydrogen) atoms. The van der Waals surface area contributed by atoms with Crippen molar-refractivity contribution >= 4 is 15.9 Å². The van der Waals surface area contributed by atoms with Gasteiger partial charge in [-0.1, -0.05) is 26.8 Å². The summed E-state index contributed by atoms with van der Waals surface area (Å²) in [5.41, 5.74) is 1.28. The van der Waals surface area contributed by atoms with Crippen LogP contribution in [0.5, 0.6) is 5.75 Å². The SMILES string of the molecule is CCCNCc1ccc(OCC(C)C)c(Br)c1. The highest BCUT2D eigenvalue weighted by Gasteiger charge is 2.03. The van der Waals surface area contributed by atoms with Gasteiger partial charge in [0.25, 0.3) is 0 Å². The zero-order chi connectivity index (χ0) is 12.7. The number of nitrogens with one attached hydrogen (secondary N) is 1. The minimum absolute atomic E-state index is 0.549. The van der Waals surface area contributed by atoms with E-state index in [1.165, 1.54) is 5.56 Å². The highest BCUT2D eigenvalue weighted by atomic mass is 79.9. The van der Waals surface area contributed by atoms with Crippen LogP contribution >= 0.6 is 15.9 Å². The van der Waals surface area contributed by atoms with Crippen molar-refractivity contribution in [3.8, 4) is 5.75 Å². The Morgan fingerprint density at radius 3 is 2.71 bits per heavy atom. The molecule has 0 unspecified atom stereocenters. The van der Waals surface area contributed by atoms with E-state index in [-0.39, 0.29) is 0 Å². The van der Waals surface area contributed by atoms with Gasteiger partial charge in [-0.25, -0.2) is 0 Å². The van der Waals surface area contributed by atoms with E-state index in [1.54, 1.807) is 0 Å². The van der Waals surface area contributed by atoms with Crippen LogP contribution in [0.3, 0.4) is 0 Å². The van der Waals surface area contributed by atoms with Gasteiger partial charge in [0, 0.05) is 6.54 Å². The molecule has 96 valence electrons. The van der Waals surface area contributed by atoms with Gasteiger partial charge in [0.2, 0.25) is 0 Å². The van der Waals surface area contributed by atoms with Crippen molar-refractivity contribution in [2.24, 2.45) is 5.92 Å². The lowest BCUT2D eigenvalue weighted by Gasteiger charge is -2.11. The molecule has 0 aliphatic rings. The first kappa shape index (κ1) is 14.5. The van der Waals surface area contributed by atoms with Gasteiger partial charge in [0.1, 0.15) is 5.75 Å². The van der Waals surface area contributed by atoms with Crippen LogP contribution in [0.1, 0.15) is 32.8 Å². The fourth-order valence-corrected chi connectivity index (χ4v) is 1.98. The standard InChI is InChI=1S/C14H22BrNO/c1-4-7-16-9-12-5-6-14(13(15)8-12)17-10-11(2)3/h5-6,8,11,16H,4,7,9-10H2,1-3H3. The van der Waals surface area contributed by atoms with Crippen molar-refractivity contribution in [2.45, 2.75) is 33.7 Å². The number of halogens is 1. The van der Waals surface area contributed by atoms with Crippen molar-refractivity contribution in [3.63, 3.8) is 0 Å². The van der Waals surface area contributed by atoms with E-state index in [0.717, 1.165) is 36.3 Å². The molecule has 0 heterocycles. The summed E-state index contributed by atoms with van der Waals surface area (Å²) < 4.78 is 6.75. The van der Waals surface area contributed by atoms with Gasteiger partial charge >= 0.3 is 0 Å². The van der Waals surface area contributed by atoms with E-state index < -0.39 is 0 Å². The Balaban J connectivity index is 2.53.